The number of rotatable bonds is 7. The molecule has 1 aliphatic rings. The summed E-state index contributed by atoms with van der Waals surface area (Å²) in [6, 6.07) is 6.93. The maximum atomic E-state index is 12.4. The molecule has 132 valence electrons. The lowest BCUT2D eigenvalue weighted by Gasteiger charge is -2.22. The number of amides is 2. The van der Waals surface area contributed by atoms with E-state index in [-0.39, 0.29) is 23.8 Å². The quantitative estimate of drug-likeness (QED) is 0.805. The predicted molar refractivity (Wildman–Crippen MR) is 93.9 cm³/mol. The van der Waals surface area contributed by atoms with Gasteiger partial charge in [-0.05, 0) is 42.9 Å². The van der Waals surface area contributed by atoms with Crippen molar-refractivity contribution in [3.63, 3.8) is 0 Å². The van der Waals surface area contributed by atoms with Gasteiger partial charge >= 0.3 is 0 Å². The molecule has 0 aliphatic carbocycles. The molecule has 24 heavy (non-hydrogen) atoms. The van der Waals surface area contributed by atoms with E-state index in [9.17, 15) is 9.59 Å². The number of carbonyl (C=O) groups is 2. The largest absolute Gasteiger partial charge is 0.376 e. The second-order valence-corrected chi connectivity index (χ2v) is 6.63. The third-order valence-corrected chi connectivity index (χ3v) is 4.39. The molecule has 1 heterocycles. The van der Waals surface area contributed by atoms with Crippen LogP contribution in [-0.2, 0) is 16.0 Å². The normalized spacial score (nSPS) is 18.4. The molecule has 2 amide bonds. The van der Waals surface area contributed by atoms with Crippen molar-refractivity contribution in [2.24, 2.45) is 5.92 Å². The summed E-state index contributed by atoms with van der Waals surface area (Å²) in [7, 11) is 0. The van der Waals surface area contributed by atoms with Crippen molar-refractivity contribution in [2.75, 3.05) is 13.2 Å². The van der Waals surface area contributed by atoms with Gasteiger partial charge in [-0.25, -0.2) is 0 Å². The first-order valence-corrected chi connectivity index (χ1v) is 8.80. The lowest BCUT2D eigenvalue weighted by molar-refractivity contribution is -0.124. The Labute approximate surface area is 144 Å². The molecule has 1 saturated heterocycles. The summed E-state index contributed by atoms with van der Waals surface area (Å²) in [5, 5.41) is 5.76. The van der Waals surface area contributed by atoms with Crippen molar-refractivity contribution in [3.8, 4) is 0 Å². The summed E-state index contributed by atoms with van der Waals surface area (Å²) < 4.78 is 5.51. The van der Waals surface area contributed by atoms with Gasteiger partial charge in [0.25, 0.3) is 5.91 Å². The monoisotopic (exact) mass is 332 g/mol. The Balaban J connectivity index is 1.93. The number of hydrogen-bond donors (Lipinski definition) is 2. The Morgan fingerprint density at radius 1 is 1.25 bits per heavy atom. The van der Waals surface area contributed by atoms with Gasteiger partial charge in [0.15, 0.2) is 0 Å². The van der Waals surface area contributed by atoms with Crippen LogP contribution in [0.3, 0.4) is 0 Å². The van der Waals surface area contributed by atoms with Gasteiger partial charge in [-0.1, -0.05) is 32.9 Å². The zero-order valence-electron chi connectivity index (χ0n) is 14.8. The van der Waals surface area contributed by atoms with Crippen LogP contribution >= 0.6 is 0 Å². The third kappa shape index (κ3) is 5.06. The molecule has 1 aliphatic heterocycles. The molecule has 2 N–H and O–H groups in total. The van der Waals surface area contributed by atoms with Crippen molar-refractivity contribution in [2.45, 2.75) is 52.2 Å². The number of ether oxygens (including phenoxy) is 1. The van der Waals surface area contributed by atoms with Crippen molar-refractivity contribution in [1.29, 1.82) is 0 Å². The van der Waals surface area contributed by atoms with E-state index in [1.54, 1.807) is 12.1 Å². The molecule has 0 saturated carbocycles. The first-order valence-electron chi connectivity index (χ1n) is 8.80. The van der Waals surface area contributed by atoms with Gasteiger partial charge in [-0.15, -0.1) is 0 Å². The molecule has 0 unspecified atom stereocenters. The average molecular weight is 332 g/mol. The van der Waals surface area contributed by atoms with Gasteiger partial charge in [0.1, 0.15) is 6.04 Å². The summed E-state index contributed by atoms with van der Waals surface area (Å²) in [5.74, 6) is -0.365. The van der Waals surface area contributed by atoms with Crippen LogP contribution < -0.4 is 10.6 Å². The molecule has 0 bridgehead atoms. The van der Waals surface area contributed by atoms with Crippen LogP contribution in [0.4, 0.5) is 0 Å². The first-order chi connectivity index (χ1) is 11.5. The van der Waals surface area contributed by atoms with E-state index in [1.165, 1.54) is 5.56 Å². The number of benzene rings is 1. The minimum Gasteiger partial charge on any atom is -0.376 e. The highest BCUT2D eigenvalue weighted by atomic mass is 16.5. The van der Waals surface area contributed by atoms with Crippen molar-refractivity contribution in [1.82, 2.24) is 10.6 Å². The van der Waals surface area contributed by atoms with Crippen LogP contribution in [0.2, 0.25) is 0 Å². The summed E-state index contributed by atoms with van der Waals surface area (Å²) in [6.07, 6.45) is 3.04. The summed E-state index contributed by atoms with van der Waals surface area (Å²) in [4.78, 5) is 24.8. The average Bonchev–Trinajstić information content (AvgIpc) is 3.10. The van der Waals surface area contributed by atoms with E-state index in [1.807, 2.05) is 26.0 Å². The van der Waals surface area contributed by atoms with E-state index >= 15 is 0 Å². The fraction of sp³-hybridized carbons (Fsp3) is 0.579. The zero-order valence-corrected chi connectivity index (χ0v) is 14.8. The molecular weight excluding hydrogens is 304 g/mol. The standard InChI is InChI=1S/C19H28N2O3/c1-4-14-7-9-15(10-8-14)18(22)21-17(13(2)3)19(23)20-12-16-6-5-11-24-16/h7-10,13,16-17H,4-6,11-12H2,1-3H3,(H,20,23)(H,21,22)/t16-,17-/m0/s1. The van der Waals surface area contributed by atoms with Gasteiger partial charge in [-0.3, -0.25) is 9.59 Å². The van der Waals surface area contributed by atoms with E-state index in [0.29, 0.717) is 12.1 Å². The summed E-state index contributed by atoms with van der Waals surface area (Å²) >= 11 is 0. The molecule has 1 aromatic carbocycles. The van der Waals surface area contributed by atoms with E-state index in [2.05, 4.69) is 17.6 Å². The molecular formula is C19H28N2O3. The number of nitrogens with one attached hydrogen (secondary N) is 2. The Kier molecular flexibility index (Phi) is 6.79. The van der Waals surface area contributed by atoms with Crippen molar-refractivity contribution >= 4 is 11.8 Å². The fourth-order valence-electron chi connectivity index (χ4n) is 2.78. The lowest BCUT2D eigenvalue weighted by atomic mass is 10.0. The van der Waals surface area contributed by atoms with Crippen LogP contribution in [0, 0.1) is 5.92 Å². The minimum atomic E-state index is -0.551. The first kappa shape index (κ1) is 18.5. The van der Waals surface area contributed by atoms with Crippen LogP contribution in [0.15, 0.2) is 24.3 Å². The lowest BCUT2D eigenvalue weighted by Crippen LogP contribution is -2.50. The maximum Gasteiger partial charge on any atom is 0.251 e. The van der Waals surface area contributed by atoms with Crippen LogP contribution in [0.25, 0.3) is 0 Å². The third-order valence-electron chi connectivity index (χ3n) is 4.39. The highest BCUT2D eigenvalue weighted by Gasteiger charge is 2.26. The van der Waals surface area contributed by atoms with Crippen LogP contribution in [0.1, 0.15) is 49.5 Å². The van der Waals surface area contributed by atoms with Gasteiger partial charge in [-0.2, -0.15) is 0 Å². The van der Waals surface area contributed by atoms with E-state index in [0.717, 1.165) is 25.9 Å². The highest BCUT2D eigenvalue weighted by Crippen LogP contribution is 2.11. The molecule has 5 nitrogen and oxygen atoms in total. The van der Waals surface area contributed by atoms with Crippen LogP contribution in [0.5, 0.6) is 0 Å². The number of aryl methyl sites for hydroxylation is 1. The maximum absolute atomic E-state index is 12.4. The predicted octanol–water partition coefficient (Wildman–Crippen LogP) is 2.30. The number of hydrogen-bond acceptors (Lipinski definition) is 3. The number of carbonyl (C=O) groups excluding carboxylic acids is 2. The van der Waals surface area contributed by atoms with E-state index < -0.39 is 6.04 Å². The Morgan fingerprint density at radius 2 is 1.96 bits per heavy atom. The summed E-state index contributed by atoms with van der Waals surface area (Å²) in [5.41, 5.74) is 1.76. The second-order valence-electron chi connectivity index (χ2n) is 6.63. The van der Waals surface area contributed by atoms with Gasteiger partial charge in [0.2, 0.25) is 5.91 Å². The molecule has 2 rings (SSSR count). The Morgan fingerprint density at radius 3 is 2.50 bits per heavy atom. The van der Waals surface area contributed by atoms with Crippen LogP contribution in [-0.4, -0.2) is 37.1 Å². The van der Waals surface area contributed by atoms with Gasteiger partial charge in [0, 0.05) is 18.7 Å². The SMILES string of the molecule is CCc1ccc(C(=O)N[C@H](C(=O)NC[C@@H]2CCCO2)C(C)C)cc1. The molecule has 0 spiro atoms. The molecule has 1 fully saturated rings. The van der Waals surface area contributed by atoms with Crippen molar-refractivity contribution in [3.05, 3.63) is 35.4 Å². The smallest absolute Gasteiger partial charge is 0.251 e. The Hall–Kier alpha value is -1.88. The minimum absolute atomic E-state index is 0.00774. The highest BCUT2D eigenvalue weighted by molar-refractivity contribution is 5.97. The second kappa shape index (κ2) is 8.83. The molecule has 1 aromatic rings. The fourth-order valence-corrected chi connectivity index (χ4v) is 2.78. The molecule has 2 atom stereocenters. The van der Waals surface area contributed by atoms with Crippen molar-refractivity contribution < 1.29 is 14.3 Å². The van der Waals surface area contributed by atoms with E-state index in [4.69, 9.17) is 4.74 Å². The summed E-state index contributed by atoms with van der Waals surface area (Å²) in [6.45, 7) is 7.19. The Bertz CT molecular complexity index is 548. The van der Waals surface area contributed by atoms with Gasteiger partial charge < -0.3 is 15.4 Å². The molecule has 0 aromatic heterocycles. The molecule has 5 heteroatoms. The topological polar surface area (TPSA) is 67.4 Å². The van der Waals surface area contributed by atoms with Gasteiger partial charge in [0.05, 0.1) is 6.10 Å². The zero-order chi connectivity index (χ0) is 17.5. The molecule has 0 radical (unpaired) electrons.